The fraction of sp³-hybridized carbons (Fsp3) is 0.718. The van der Waals surface area contributed by atoms with E-state index in [1.54, 1.807) is 0 Å². The largest absolute Gasteiger partial charge is 0.472 e. The average molecular weight is 1250 g/mol. The van der Waals surface area contributed by atoms with Crippen molar-refractivity contribution in [1.82, 2.24) is 0 Å². The van der Waals surface area contributed by atoms with E-state index in [4.69, 9.17) is 18.5 Å². The minimum atomic E-state index is -4.41. The van der Waals surface area contributed by atoms with Crippen molar-refractivity contribution >= 4 is 19.8 Å². The number of hydrogen-bond acceptors (Lipinski definition) is 7. The number of carbonyl (C=O) groups excluding carboxylic acids is 2. The average Bonchev–Trinajstić information content (AvgIpc) is 3.57. The number of likely N-dealkylation sites (N-methyl/N-ethyl adjacent to an activating group) is 1. The fourth-order valence-corrected chi connectivity index (χ4v) is 10.7. The van der Waals surface area contributed by atoms with Crippen molar-refractivity contribution in [3.63, 3.8) is 0 Å². The van der Waals surface area contributed by atoms with Gasteiger partial charge in [-0.05, 0) is 109 Å². The van der Waals surface area contributed by atoms with Crippen molar-refractivity contribution in [3.05, 3.63) is 122 Å². The van der Waals surface area contributed by atoms with Gasteiger partial charge in [-0.2, -0.15) is 0 Å². The maximum Gasteiger partial charge on any atom is 0.472 e. The van der Waals surface area contributed by atoms with E-state index in [0.29, 0.717) is 17.4 Å². The molecule has 0 rings (SSSR count). The van der Waals surface area contributed by atoms with Crippen LogP contribution in [0.5, 0.6) is 0 Å². The molecule has 0 aromatic rings. The lowest BCUT2D eigenvalue weighted by molar-refractivity contribution is -0.870. The Balaban J connectivity index is 4.02. The summed E-state index contributed by atoms with van der Waals surface area (Å²) in [7, 11) is 1.45. The molecule has 0 aromatic carbocycles. The van der Waals surface area contributed by atoms with Crippen LogP contribution in [0.3, 0.4) is 0 Å². The number of quaternary nitrogens is 1. The van der Waals surface area contributed by atoms with Gasteiger partial charge >= 0.3 is 19.8 Å². The first-order valence-corrected chi connectivity index (χ1v) is 37.8. The summed E-state index contributed by atoms with van der Waals surface area (Å²) in [5.41, 5.74) is 0. The molecular weight excluding hydrogens is 1110 g/mol. The van der Waals surface area contributed by atoms with Gasteiger partial charge in [-0.1, -0.05) is 309 Å². The van der Waals surface area contributed by atoms with Crippen molar-refractivity contribution in [2.45, 2.75) is 315 Å². The normalized spacial score (nSPS) is 13.8. The van der Waals surface area contributed by atoms with Crippen molar-refractivity contribution < 1.29 is 42.1 Å². The van der Waals surface area contributed by atoms with E-state index in [1.165, 1.54) is 180 Å². The van der Waals surface area contributed by atoms with Crippen molar-refractivity contribution in [2.24, 2.45) is 0 Å². The van der Waals surface area contributed by atoms with Gasteiger partial charge < -0.3 is 18.9 Å². The topological polar surface area (TPSA) is 108 Å². The Morgan fingerprint density at radius 1 is 0.364 bits per heavy atom. The Kier molecular flexibility index (Phi) is 65.0. The third kappa shape index (κ3) is 71.5. The van der Waals surface area contributed by atoms with Gasteiger partial charge in [0.2, 0.25) is 0 Å². The summed E-state index contributed by atoms with van der Waals surface area (Å²) in [5, 5.41) is 0. The minimum absolute atomic E-state index is 0.0201. The van der Waals surface area contributed by atoms with Crippen LogP contribution in [-0.2, 0) is 32.7 Å². The molecule has 88 heavy (non-hydrogen) atoms. The molecule has 9 nitrogen and oxygen atoms in total. The number of hydrogen-bond donors (Lipinski definition) is 1. The zero-order chi connectivity index (χ0) is 64.1. The van der Waals surface area contributed by atoms with E-state index >= 15 is 0 Å². The number of esters is 2. The number of nitrogens with zero attached hydrogens (tertiary/aromatic N) is 1. The van der Waals surface area contributed by atoms with Crippen molar-refractivity contribution in [1.29, 1.82) is 0 Å². The van der Waals surface area contributed by atoms with Gasteiger partial charge in [0.25, 0.3) is 0 Å². The van der Waals surface area contributed by atoms with E-state index in [-0.39, 0.29) is 32.0 Å². The standard InChI is InChI=1S/C78H136NO8P/c1-6-8-10-12-14-16-18-20-22-24-26-28-30-32-33-34-35-36-37-38-39-40-41-42-43-44-45-47-48-50-52-54-56-58-60-62-64-66-68-70-77(80)84-74-76(75-86-88(82,83)85-73-72-79(3,4)5)87-78(81)71-69-67-65-63-61-59-57-55-53-51-49-46-31-29-27-25-23-21-19-17-15-13-11-9-7-2/h9,11,15,17-18,20-21,23-24,26-27,29-30,32,46,49,53,55,59,61,76H,6-8,10,12-14,16,19,22,25,28,31,33-45,47-48,50-52,54,56-58,60,62-75H2,1-5H3/p+1/b11-9-,17-15-,20-18-,23-21-,26-24-,29-27-,32-30-,49-46-,55-53-,61-59-. The van der Waals surface area contributed by atoms with Gasteiger partial charge in [-0.25, -0.2) is 4.57 Å². The van der Waals surface area contributed by atoms with Crippen LogP contribution >= 0.6 is 7.82 Å². The highest BCUT2D eigenvalue weighted by Gasteiger charge is 2.27. The summed E-state index contributed by atoms with van der Waals surface area (Å²) < 4.78 is 34.7. The van der Waals surface area contributed by atoms with Crippen LogP contribution in [0.4, 0.5) is 0 Å². The molecule has 0 amide bonds. The number of ether oxygens (including phenoxy) is 2. The van der Waals surface area contributed by atoms with Crippen LogP contribution in [-0.4, -0.2) is 74.9 Å². The quantitative estimate of drug-likeness (QED) is 0.0211. The first-order chi connectivity index (χ1) is 43.0. The third-order valence-electron chi connectivity index (χ3n) is 15.5. The summed E-state index contributed by atoms with van der Waals surface area (Å²) in [6, 6.07) is 0. The maximum atomic E-state index is 12.9. The second-order valence-corrected chi connectivity index (χ2v) is 26.7. The number of unbranched alkanes of at least 4 members (excludes halogenated alkanes) is 32. The number of phosphoric ester groups is 1. The third-order valence-corrected chi connectivity index (χ3v) is 16.5. The molecule has 10 heteroatoms. The van der Waals surface area contributed by atoms with Crippen LogP contribution in [0.2, 0.25) is 0 Å². The van der Waals surface area contributed by atoms with Crippen LogP contribution in [0, 0.1) is 0 Å². The highest BCUT2D eigenvalue weighted by atomic mass is 31.2. The van der Waals surface area contributed by atoms with Crippen LogP contribution < -0.4 is 0 Å². The molecule has 0 spiro atoms. The molecule has 506 valence electrons. The number of rotatable bonds is 66. The predicted octanol–water partition coefficient (Wildman–Crippen LogP) is 23.8. The lowest BCUT2D eigenvalue weighted by Gasteiger charge is -2.24. The Bertz CT molecular complexity index is 1900. The van der Waals surface area contributed by atoms with Crippen molar-refractivity contribution in [2.75, 3.05) is 47.5 Å². The lowest BCUT2D eigenvalue weighted by Crippen LogP contribution is -2.37. The van der Waals surface area contributed by atoms with Crippen LogP contribution in [0.15, 0.2) is 122 Å². The molecular formula is C78H137NO8P+. The molecule has 0 saturated carbocycles. The molecule has 0 aliphatic heterocycles. The minimum Gasteiger partial charge on any atom is -0.462 e. The molecule has 1 N–H and O–H groups in total. The van der Waals surface area contributed by atoms with Crippen LogP contribution in [0.1, 0.15) is 309 Å². The van der Waals surface area contributed by atoms with E-state index < -0.39 is 26.5 Å². The lowest BCUT2D eigenvalue weighted by atomic mass is 10.0. The van der Waals surface area contributed by atoms with Gasteiger partial charge in [0.05, 0.1) is 27.7 Å². The molecule has 0 bridgehead atoms. The highest BCUT2D eigenvalue weighted by Crippen LogP contribution is 2.43. The second kappa shape index (κ2) is 67.8. The maximum absolute atomic E-state index is 12.9. The van der Waals surface area contributed by atoms with Gasteiger partial charge in [-0.3, -0.25) is 18.6 Å². The van der Waals surface area contributed by atoms with E-state index in [2.05, 4.69) is 135 Å². The number of carbonyl (C=O) groups is 2. The monoisotopic (exact) mass is 1250 g/mol. The van der Waals surface area contributed by atoms with Crippen LogP contribution in [0.25, 0.3) is 0 Å². The zero-order valence-electron chi connectivity index (χ0n) is 57.7. The molecule has 0 radical (unpaired) electrons. The molecule has 0 aromatic heterocycles. The first-order valence-electron chi connectivity index (χ1n) is 36.3. The molecule has 0 saturated heterocycles. The van der Waals surface area contributed by atoms with E-state index in [0.717, 1.165) is 96.3 Å². The smallest absolute Gasteiger partial charge is 0.462 e. The molecule has 0 heterocycles. The van der Waals surface area contributed by atoms with Gasteiger partial charge in [-0.15, -0.1) is 0 Å². The van der Waals surface area contributed by atoms with Crippen molar-refractivity contribution in [3.8, 4) is 0 Å². The Morgan fingerprint density at radius 3 is 0.977 bits per heavy atom. The Hall–Kier alpha value is -3.59. The predicted molar refractivity (Wildman–Crippen MR) is 381 cm³/mol. The van der Waals surface area contributed by atoms with Gasteiger partial charge in [0.1, 0.15) is 19.8 Å². The molecule has 2 atom stereocenters. The Morgan fingerprint density at radius 2 is 0.648 bits per heavy atom. The molecule has 0 fully saturated rings. The SMILES string of the molecule is CC/C=C\C/C=C\C/C=C\C/C=C\C/C=C\C/C=C\C/C=C\CCCCCC(=O)OC(COC(=O)CCCCCCCCCCCCCCCCCCCCCCCCCC/C=C\C/C=C\C/C=C\CCCCCCC)COP(=O)(O)OCC[N+](C)(C)C. The summed E-state index contributed by atoms with van der Waals surface area (Å²) in [6.07, 6.45) is 97.5. The molecule has 0 aliphatic rings. The Labute approximate surface area is 543 Å². The fourth-order valence-electron chi connectivity index (χ4n) is 9.95. The number of phosphoric acid groups is 1. The zero-order valence-corrected chi connectivity index (χ0v) is 58.6. The first kappa shape index (κ1) is 84.4. The number of allylic oxidation sites excluding steroid dienone is 20. The van der Waals surface area contributed by atoms with Gasteiger partial charge in [0.15, 0.2) is 6.10 Å². The van der Waals surface area contributed by atoms with Gasteiger partial charge in [0, 0.05) is 12.8 Å². The molecule has 0 aliphatic carbocycles. The second-order valence-electron chi connectivity index (χ2n) is 25.2. The summed E-state index contributed by atoms with van der Waals surface area (Å²) in [4.78, 5) is 35.9. The molecule has 2 unspecified atom stereocenters. The highest BCUT2D eigenvalue weighted by molar-refractivity contribution is 7.47. The summed E-state index contributed by atoms with van der Waals surface area (Å²) >= 11 is 0. The summed E-state index contributed by atoms with van der Waals surface area (Å²) in [5.74, 6) is -0.833. The van der Waals surface area contributed by atoms with E-state index in [1.807, 2.05) is 21.1 Å². The van der Waals surface area contributed by atoms with E-state index in [9.17, 15) is 19.0 Å². The summed E-state index contributed by atoms with van der Waals surface area (Å²) in [6.45, 7) is 4.28.